The molecule has 0 aliphatic carbocycles. The normalized spacial score (nSPS) is 14.4. The molecule has 1 aromatic rings. The van der Waals surface area contributed by atoms with Crippen molar-refractivity contribution in [1.29, 1.82) is 0 Å². The van der Waals surface area contributed by atoms with E-state index in [4.69, 9.17) is 4.74 Å². The quantitative estimate of drug-likeness (QED) is 0.848. The van der Waals surface area contributed by atoms with E-state index in [1.165, 1.54) is 12.8 Å². The van der Waals surface area contributed by atoms with Gasteiger partial charge in [0.2, 0.25) is 0 Å². The molecule has 0 fully saturated rings. The van der Waals surface area contributed by atoms with Crippen molar-refractivity contribution in [2.75, 3.05) is 6.61 Å². The van der Waals surface area contributed by atoms with Crippen LogP contribution in [0.3, 0.4) is 0 Å². The fourth-order valence-corrected chi connectivity index (χ4v) is 2.16. The first-order chi connectivity index (χ1) is 8.04. The fraction of sp³-hybridized carbons (Fsp3) is 0.571. The number of rotatable bonds is 6. The number of hydrogen-bond acceptors (Lipinski definition) is 2. The zero-order valence-corrected chi connectivity index (χ0v) is 12.3. The van der Waals surface area contributed by atoms with Gasteiger partial charge in [0.1, 0.15) is 5.75 Å². The molecule has 17 heavy (non-hydrogen) atoms. The van der Waals surface area contributed by atoms with Gasteiger partial charge in [-0.05, 0) is 37.5 Å². The highest BCUT2D eigenvalue weighted by Crippen LogP contribution is 2.29. The van der Waals surface area contributed by atoms with Crippen LogP contribution in [0, 0.1) is 5.92 Å². The smallest absolute Gasteiger partial charge is 0.125 e. The topological polar surface area (TPSA) is 29.5 Å². The van der Waals surface area contributed by atoms with Crippen LogP contribution >= 0.6 is 15.9 Å². The summed E-state index contributed by atoms with van der Waals surface area (Å²) in [5, 5.41) is 9.70. The minimum Gasteiger partial charge on any atom is -0.493 e. The van der Waals surface area contributed by atoms with Gasteiger partial charge in [0.15, 0.2) is 0 Å². The van der Waals surface area contributed by atoms with Gasteiger partial charge in [-0.1, -0.05) is 36.2 Å². The molecule has 0 aromatic heterocycles. The molecule has 0 heterocycles. The van der Waals surface area contributed by atoms with Crippen LogP contribution in [0.1, 0.15) is 45.3 Å². The van der Waals surface area contributed by atoms with Gasteiger partial charge in [0.25, 0.3) is 0 Å². The van der Waals surface area contributed by atoms with E-state index >= 15 is 0 Å². The molecule has 2 atom stereocenters. The molecule has 0 radical (unpaired) electrons. The third-order valence-corrected chi connectivity index (χ3v) is 3.22. The van der Waals surface area contributed by atoms with Crippen molar-refractivity contribution in [1.82, 2.24) is 0 Å². The summed E-state index contributed by atoms with van der Waals surface area (Å²) in [4.78, 5) is 0. The van der Waals surface area contributed by atoms with Crippen molar-refractivity contribution < 1.29 is 9.84 Å². The summed E-state index contributed by atoms with van der Waals surface area (Å²) < 4.78 is 6.75. The second kappa shape index (κ2) is 7.02. The van der Waals surface area contributed by atoms with Crippen LogP contribution < -0.4 is 4.74 Å². The Labute approximate surface area is 112 Å². The maximum absolute atomic E-state index is 9.70. The van der Waals surface area contributed by atoms with Crippen LogP contribution in [0.25, 0.3) is 0 Å². The van der Waals surface area contributed by atoms with Gasteiger partial charge in [-0.3, -0.25) is 0 Å². The molecular formula is C14H21BrO2. The lowest BCUT2D eigenvalue weighted by atomic mass is 10.1. The molecule has 0 saturated heterocycles. The van der Waals surface area contributed by atoms with E-state index < -0.39 is 6.10 Å². The largest absolute Gasteiger partial charge is 0.493 e. The summed E-state index contributed by atoms with van der Waals surface area (Å²) in [5.74, 6) is 1.33. The number of benzene rings is 1. The lowest BCUT2D eigenvalue weighted by Crippen LogP contribution is -2.10. The van der Waals surface area contributed by atoms with Crippen LogP contribution in [0.15, 0.2) is 22.7 Å². The Balaban J connectivity index is 2.70. The highest BCUT2D eigenvalue weighted by molar-refractivity contribution is 9.10. The van der Waals surface area contributed by atoms with Gasteiger partial charge in [-0.2, -0.15) is 0 Å². The van der Waals surface area contributed by atoms with Crippen molar-refractivity contribution >= 4 is 15.9 Å². The molecule has 0 aliphatic rings. The van der Waals surface area contributed by atoms with Crippen molar-refractivity contribution in [3.05, 3.63) is 28.2 Å². The molecule has 2 nitrogen and oxygen atoms in total. The Kier molecular flexibility index (Phi) is 6.00. The van der Waals surface area contributed by atoms with E-state index in [0.29, 0.717) is 12.5 Å². The molecular weight excluding hydrogens is 280 g/mol. The van der Waals surface area contributed by atoms with E-state index in [-0.39, 0.29) is 0 Å². The summed E-state index contributed by atoms with van der Waals surface area (Å²) in [5.41, 5.74) is 0.836. The highest BCUT2D eigenvalue weighted by Gasteiger charge is 2.11. The first kappa shape index (κ1) is 14.5. The van der Waals surface area contributed by atoms with E-state index in [9.17, 15) is 5.11 Å². The van der Waals surface area contributed by atoms with Gasteiger partial charge in [0, 0.05) is 10.0 Å². The third-order valence-electron chi connectivity index (χ3n) is 2.73. The fourth-order valence-electron chi connectivity index (χ4n) is 1.79. The van der Waals surface area contributed by atoms with E-state index in [0.717, 1.165) is 15.8 Å². The number of hydrogen-bond donors (Lipinski definition) is 1. The summed E-state index contributed by atoms with van der Waals surface area (Å²) in [6.45, 7) is 6.82. The predicted molar refractivity (Wildman–Crippen MR) is 74.3 cm³/mol. The molecule has 1 unspecified atom stereocenters. The predicted octanol–water partition coefficient (Wildman–Crippen LogP) is 4.32. The maximum atomic E-state index is 9.70. The lowest BCUT2D eigenvalue weighted by molar-refractivity contribution is 0.186. The number of aliphatic hydroxyl groups excluding tert-OH is 1. The molecule has 3 heteroatoms. The van der Waals surface area contributed by atoms with Crippen LogP contribution in [0.2, 0.25) is 0 Å². The Morgan fingerprint density at radius 1 is 1.35 bits per heavy atom. The average Bonchev–Trinajstić information content (AvgIpc) is 2.27. The molecule has 96 valence electrons. The second-order valence-electron chi connectivity index (χ2n) is 4.56. The number of aliphatic hydroxyl groups is 1. The van der Waals surface area contributed by atoms with Crippen LogP contribution in [0.4, 0.5) is 0 Å². The summed E-state index contributed by atoms with van der Waals surface area (Å²) in [6, 6.07) is 5.75. The minimum atomic E-state index is -0.510. The third kappa shape index (κ3) is 4.68. The maximum Gasteiger partial charge on any atom is 0.125 e. The molecule has 0 bridgehead atoms. The molecule has 0 aliphatic heterocycles. The summed E-state index contributed by atoms with van der Waals surface area (Å²) in [7, 11) is 0. The van der Waals surface area contributed by atoms with Crippen molar-refractivity contribution in [3.63, 3.8) is 0 Å². The van der Waals surface area contributed by atoms with E-state index in [1.807, 2.05) is 18.2 Å². The molecule has 1 rings (SSSR count). The first-order valence-corrected chi connectivity index (χ1v) is 6.94. The highest BCUT2D eigenvalue weighted by atomic mass is 79.9. The Bertz CT molecular complexity index is 350. The number of ether oxygens (including phenoxy) is 1. The molecule has 0 spiro atoms. The SMILES string of the molecule is CCCC(C)COc1ccc(Br)cc1[C@@H](C)O. The van der Waals surface area contributed by atoms with E-state index in [1.54, 1.807) is 6.92 Å². The Morgan fingerprint density at radius 2 is 2.06 bits per heavy atom. The monoisotopic (exact) mass is 300 g/mol. The zero-order chi connectivity index (χ0) is 12.8. The van der Waals surface area contributed by atoms with Gasteiger partial charge < -0.3 is 9.84 Å². The molecule has 1 N–H and O–H groups in total. The summed E-state index contributed by atoms with van der Waals surface area (Å²) >= 11 is 3.40. The summed E-state index contributed by atoms with van der Waals surface area (Å²) in [6.07, 6.45) is 1.83. The van der Waals surface area contributed by atoms with Gasteiger partial charge in [-0.15, -0.1) is 0 Å². The zero-order valence-electron chi connectivity index (χ0n) is 10.7. The lowest BCUT2D eigenvalue weighted by Gasteiger charge is -2.16. The van der Waals surface area contributed by atoms with Crippen molar-refractivity contribution in [2.24, 2.45) is 5.92 Å². The number of halogens is 1. The van der Waals surface area contributed by atoms with Crippen molar-refractivity contribution in [2.45, 2.75) is 39.7 Å². The standard InChI is InChI=1S/C14H21BrO2/c1-4-5-10(2)9-17-14-7-6-12(15)8-13(14)11(3)16/h6-8,10-11,16H,4-5,9H2,1-3H3/t10?,11-/m1/s1. The van der Waals surface area contributed by atoms with E-state index in [2.05, 4.69) is 29.8 Å². The Hall–Kier alpha value is -0.540. The average molecular weight is 301 g/mol. The van der Waals surface area contributed by atoms with Crippen LogP contribution in [-0.4, -0.2) is 11.7 Å². The minimum absolute atomic E-state index is 0.510. The molecule has 0 saturated carbocycles. The van der Waals surface area contributed by atoms with Crippen molar-refractivity contribution in [3.8, 4) is 5.75 Å². The van der Waals surface area contributed by atoms with Crippen LogP contribution in [0.5, 0.6) is 5.75 Å². The van der Waals surface area contributed by atoms with Gasteiger partial charge in [0.05, 0.1) is 12.7 Å². The molecule has 0 amide bonds. The Morgan fingerprint density at radius 3 is 2.65 bits per heavy atom. The van der Waals surface area contributed by atoms with Gasteiger partial charge in [-0.25, -0.2) is 0 Å². The van der Waals surface area contributed by atoms with Gasteiger partial charge >= 0.3 is 0 Å². The molecule has 1 aromatic carbocycles. The first-order valence-electron chi connectivity index (χ1n) is 6.14. The van der Waals surface area contributed by atoms with Crippen LogP contribution in [-0.2, 0) is 0 Å². The second-order valence-corrected chi connectivity index (χ2v) is 5.48.